The number of hydrogen-bond acceptors (Lipinski definition) is 5. The van der Waals surface area contributed by atoms with Crippen LogP contribution in [0.15, 0.2) is 52.2 Å². The molecule has 0 aliphatic carbocycles. The van der Waals surface area contributed by atoms with Crippen LogP contribution in [0, 0.1) is 10.6 Å². The molecule has 0 saturated heterocycles. The van der Waals surface area contributed by atoms with Crippen LogP contribution in [0.1, 0.15) is 10.4 Å². The van der Waals surface area contributed by atoms with Crippen LogP contribution in [0.25, 0.3) is 10.9 Å². The van der Waals surface area contributed by atoms with Crippen LogP contribution < -0.4 is 16.2 Å². The molecule has 140 valence electrons. The summed E-state index contributed by atoms with van der Waals surface area (Å²) in [5.41, 5.74) is 0.407. The largest absolute Gasteiger partial charge is 0.386 e. The molecule has 0 radical (unpaired) electrons. The minimum atomic E-state index is -2.85. The van der Waals surface area contributed by atoms with E-state index in [9.17, 15) is 18.2 Å². The zero-order valence-electron chi connectivity index (χ0n) is 14.6. The Morgan fingerprint density at radius 2 is 1.85 bits per heavy atom. The third-order valence-corrected chi connectivity index (χ3v) is 5.16. The Balaban J connectivity index is 1.96. The lowest BCUT2D eigenvalue weighted by atomic mass is 10.1. The van der Waals surface area contributed by atoms with Crippen molar-refractivity contribution in [3.05, 3.63) is 64.2 Å². The van der Waals surface area contributed by atoms with Crippen LogP contribution in [-0.4, -0.2) is 28.4 Å². The highest BCUT2D eigenvalue weighted by Crippen LogP contribution is 2.23. The molecule has 27 heavy (non-hydrogen) atoms. The van der Waals surface area contributed by atoms with Gasteiger partial charge in [-0.1, -0.05) is 0 Å². The molecule has 2 aromatic carbocycles. The molecule has 9 heteroatoms. The first-order chi connectivity index (χ1) is 12.7. The molecule has 1 aromatic heterocycles. The molecule has 0 spiro atoms. The molecule has 3 rings (SSSR count). The smallest absolute Gasteiger partial charge is 0.261 e. The Bertz CT molecular complexity index is 1200. The van der Waals surface area contributed by atoms with Crippen molar-refractivity contribution < 1.29 is 13.4 Å². The van der Waals surface area contributed by atoms with Gasteiger partial charge < -0.3 is 15.6 Å². The summed E-state index contributed by atoms with van der Waals surface area (Å²) >= 11 is 0. The Kier molecular flexibility index (Phi) is 4.71. The second-order valence-electron chi connectivity index (χ2n) is 6.00. The number of carbonyl (C=O) groups excluding carboxylic acids is 1. The van der Waals surface area contributed by atoms with Gasteiger partial charge in [-0.15, -0.1) is 0 Å². The number of fused-ring (bicyclic) bond motifs is 1. The molecular formula is C18H17FN4O3S. The van der Waals surface area contributed by atoms with Gasteiger partial charge in [-0.2, -0.15) is 0 Å². The van der Waals surface area contributed by atoms with Crippen LogP contribution in [0.5, 0.6) is 0 Å². The Hall–Kier alpha value is -3.20. The molecule has 1 unspecified atom stereocenters. The number of benzene rings is 2. The standard InChI is InChI=1S/C18H17FN4O3S/c1-21-15-9-11(19)7-10-8-14(18(25)23-16(10)15)17(24)22-12-3-5-13(6-4-12)27(2,20)26/h3-9,20-21H,1-2H3,(H,22,24)(H,23,25). The molecule has 4 N–H and O–H groups in total. The normalized spacial score (nSPS) is 13.1. The van der Waals surface area contributed by atoms with E-state index >= 15 is 0 Å². The average molecular weight is 388 g/mol. The summed E-state index contributed by atoms with van der Waals surface area (Å²) in [6.07, 6.45) is 1.30. The molecule has 1 atom stereocenters. The summed E-state index contributed by atoms with van der Waals surface area (Å²) < 4.78 is 33.0. The fraction of sp³-hybridized carbons (Fsp3) is 0.111. The van der Waals surface area contributed by atoms with Gasteiger partial charge in [-0.25, -0.2) is 13.4 Å². The van der Waals surface area contributed by atoms with E-state index in [1.165, 1.54) is 48.7 Å². The highest BCUT2D eigenvalue weighted by atomic mass is 32.2. The lowest BCUT2D eigenvalue weighted by molar-refractivity contribution is 0.102. The van der Waals surface area contributed by atoms with Gasteiger partial charge in [0.1, 0.15) is 11.4 Å². The molecular weight excluding hydrogens is 371 g/mol. The molecule has 1 amide bonds. The molecule has 0 bridgehead atoms. The summed E-state index contributed by atoms with van der Waals surface area (Å²) in [5, 5.41) is 5.73. The lowest BCUT2D eigenvalue weighted by Gasteiger charge is -2.09. The lowest BCUT2D eigenvalue weighted by Crippen LogP contribution is -2.23. The van der Waals surface area contributed by atoms with E-state index in [1.807, 2.05) is 0 Å². The second kappa shape index (κ2) is 6.84. The molecule has 3 aromatic rings. The number of pyridine rings is 1. The molecule has 0 aliphatic heterocycles. The third-order valence-electron chi connectivity index (χ3n) is 3.99. The van der Waals surface area contributed by atoms with E-state index < -0.39 is 27.0 Å². The maximum atomic E-state index is 13.7. The monoisotopic (exact) mass is 388 g/mol. The number of H-pyrrole nitrogens is 1. The number of halogens is 1. The average Bonchev–Trinajstić information content (AvgIpc) is 2.60. The van der Waals surface area contributed by atoms with Crippen LogP contribution >= 0.6 is 0 Å². The minimum Gasteiger partial charge on any atom is -0.386 e. The number of carbonyl (C=O) groups is 1. The van der Waals surface area contributed by atoms with E-state index in [1.54, 1.807) is 7.05 Å². The van der Waals surface area contributed by atoms with E-state index in [4.69, 9.17) is 4.78 Å². The first kappa shape index (κ1) is 18.6. The summed E-state index contributed by atoms with van der Waals surface area (Å²) in [4.78, 5) is 27.7. The van der Waals surface area contributed by atoms with Crippen molar-refractivity contribution >= 4 is 37.9 Å². The summed E-state index contributed by atoms with van der Waals surface area (Å²) in [6.45, 7) is 0. The van der Waals surface area contributed by atoms with E-state index in [0.717, 1.165) is 0 Å². The van der Waals surface area contributed by atoms with Crippen molar-refractivity contribution in [1.29, 1.82) is 4.78 Å². The van der Waals surface area contributed by atoms with Crippen molar-refractivity contribution in [2.75, 3.05) is 23.9 Å². The maximum absolute atomic E-state index is 13.7. The van der Waals surface area contributed by atoms with Gasteiger partial charge in [0.05, 0.1) is 20.9 Å². The highest BCUT2D eigenvalue weighted by Gasteiger charge is 2.15. The van der Waals surface area contributed by atoms with Crippen LogP contribution in [0.2, 0.25) is 0 Å². The first-order valence-electron chi connectivity index (χ1n) is 7.88. The van der Waals surface area contributed by atoms with E-state index in [-0.39, 0.29) is 5.56 Å². The number of hydrogen-bond donors (Lipinski definition) is 4. The number of aromatic amines is 1. The van der Waals surface area contributed by atoms with Gasteiger partial charge in [0.2, 0.25) is 0 Å². The third kappa shape index (κ3) is 3.82. The fourth-order valence-electron chi connectivity index (χ4n) is 2.65. The predicted octanol–water partition coefficient (Wildman–Crippen LogP) is 3.00. The van der Waals surface area contributed by atoms with Crippen LogP contribution in [0.4, 0.5) is 15.8 Å². The van der Waals surface area contributed by atoms with Crippen LogP contribution in [-0.2, 0) is 9.73 Å². The summed E-state index contributed by atoms with van der Waals surface area (Å²) in [5.74, 6) is -1.16. The SMILES string of the molecule is CNc1cc(F)cc2cc(C(=O)Nc3ccc(S(C)(=N)=O)cc3)c(=O)[nH]c12. The molecule has 0 fully saturated rings. The molecule has 0 aliphatic rings. The number of amides is 1. The molecule has 1 heterocycles. The van der Waals surface area contributed by atoms with Gasteiger partial charge >= 0.3 is 0 Å². The van der Waals surface area contributed by atoms with Gasteiger partial charge in [0.15, 0.2) is 0 Å². The Morgan fingerprint density at radius 1 is 1.19 bits per heavy atom. The Labute approximate surface area is 154 Å². The Morgan fingerprint density at radius 3 is 2.44 bits per heavy atom. The summed E-state index contributed by atoms with van der Waals surface area (Å²) in [6, 6.07) is 9.75. The summed E-state index contributed by atoms with van der Waals surface area (Å²) in [7, 11) is -1.25. The van der Waals surface area contributed by atoms with Crippen molar-refractivity contribution in [3.8, 4) is 0 Å². The zero-order valence-corrected chi connectivity index (χ0v) is 15.4. The number of rotatable bonds is 4. The van der Waals surface area contributed by atoms with Crippen molar-refractivity contribution in [3.63, 3.8) is 0 Å². The minimum absolute atomic E-state index is 0.168. The topological polar surface area (TPSA) is 115 Å². The quantitative estimate of drug-likeness (QED) is 0.550. The van der Waals surface area contributed by atoms with Gasteiger partial charge in [-0.05, 0) is 42.5 Å². The van der Waals surface area contributed by atoms with E-state index in [2.05, 4.69) is 15.6 Å². The number of nitrogens with one attached hydrogen (secondary N) is 4. The van der Waals surface area contributed by atoms with Crippen molar-refractivity contribution in [1.82, 2.24) is 4.98 Å². The fourth-order valence-corrected chi connectivity index (χ4v) is 3.30. The maximum Gasteiger partial charge on any atom is 0.261 e. The van der Waals surface area contributed by atoms with Gasteiger partial charge in [0, 0.05) is 29.3 Å². The number of anilines is 2. The second-order valence-corrected chi connectivity index (χ2v) is 8.16. The number of aromatic nitrogens is 1. The van der Waals surface area contributed by atoms with E-state index in [0.29, 0.717) is 27.2 Å². The first-order valence-corrected chi connectivity index (χ1v) is 9.85. The van der Waals surface area contributed by atoms with Crippen molar-refractivity contribution in [2.24, 2.45) is 0 Å². The molecule has 7 nitrogen and oxygen atoms in total. The highest BCUT2D eigenvalue weighted by molar-refractivity contribution is 7.91. The predicted molar refractivity (Wildman–Crippen MR) is 104 cm³/mol. The van der Waals surface area contributed by atoms with Crippen molar-refractivity contribution in [2.45, 2.75) is 4.90 Å². The molecule has 0 saturated carbocycles. The van der Waals surface area contributed by atoms with Gasteiger partial charge in [0.25, 0.3) is 11.5 Å². The van der Waals surface area contributed by atoms with Gasteiger partial charge in [-0.3, -0.25) is 9.59 Å². The van der Waals surface area contributed by atoms with Crippen LogP contribution in [0.3, 0.4) is 0 Å². The zero-order chi connectivity index (χ0) is 19.8.